The van der Waals surface area contributed by atoms with E-state index in [-0.39, 0.29) is 0 Å². The van der Waals surface area contributed by atoms with Crippen LogP contribution in [0, 0.1) is 0 Å². The van der Waals surface area contributed by atoms with Gasteiger partial charge in [0.15, 0.2) is 11.5 Å². The molecule has 2 heterocycles. The first-order valence-electron chi connectivity index (χ1n) is 7.65. The van der Waals surface area contributed by atoms with Crippen LogP contribution in [0.3, 0.4) is 0 Å². The zero-order chi connectivity index (χ0) is 14.7. The Morgan fingerprint density at radius 2 is 2.24 bits per heavy atom. The molecule has 0 saturated heterocycles. The van der Waals surface area contributed by atoms with Crippen LogP contribution in [0.4, 0.5) is 11.8 Å². The molecule has 7 heteroatoms. The first-order valence-corrected chi connectivity index (χ1v) is 8.69. The van der Waals surface area contributed by atoms with Gasteiger partial charge in [0.05, 0.1) is 6.33 Å². The molecule has 2 aromatic heterocycles. The van der Waals surface area contributed by atoms with Crippen LogP contribution in [-0.4, -0.2) is 43.5 Å². The number of fused-ring (bicyclic) bond motifs is 1. The van der Waals surface area contributed by atoms with Gasteiger partial charge in [-0.1, -0.05) is 13.3 Å². The summed E-state index contributed by atoms with van der Waals surface area (Å²) >= 11 is 2.04. The van der Waals surface area contributed by atoms with Crippen molar-refractivity contribution < 1.29 is 0 Å². The van der Waals surface area contributed by atoms with Crippen LogP contribution in [0.1, 0.15) is 33.1 Å². The largest absolute Gasteiger partial charge is 0.364 e. The molecule has 0 spiro atoms. The van der Waals surface area contributed by atoms with Gasteiger partial charge in [-0.3, -0.25) is 0 Å². The second-order valence-electron chi connectivity index (χ2n) is 5.20. The van der Waals surface area contributed by atoms with Gasteiger partial charge in [0, 0.05) is 17.8 Å². The average molecular weight is 306 g/mol. The monoisotopic (exact) mass is 306 g/mol. The minimum atomic E-state index is 0.478. The number of anilines is 2. The highest BCUT2D eigenvalue weighted by molar-refractivity contribution is 7.99. The van der Waals surface area contributed by atoms with E-state index in [1.54, 1.807) is 6.33 Å². The van der Waals surface area contributed by atoms with Crippen LogP contribution < -0.4 is 10.6 Å². The SMILES string of the molecule is CCNc1nc(NC2CCCC2SCC)c2[nH]cnc2n1. The van der Waals surface area contributed by atoms with Crippen molar-refractivity contribution in [2.75, 3.05) is 22.9 Å². The lowest BCUT2D eigenvalue weighted by atomic mass is 10.2. The summed E-state index contributed by atoms with van der Waals surface area (Å²) < 4.78 is 0. The van der Waals surface area contributed by atoms with E-state index in [1.807, 2.05) is 18.7 Å². The number of thioether (sulfide) groups is 1. The molecule has 1 aliphatic carbocycles. The van der Waals surface area contributed by atoms with Crippen molar-refractivity contribution in [2.45, 2.75) is 44.4 Å². The van der Waals surface area contributed by atoms with Crippen molar-refractivity contribution in [2.24, 2.45) is 0 Å². The van der Waals surface area contributed by atoms with E-state index in [1.165, 1.54) is 19.3 Å². The van der Waals surface area contributed by atoms with Gasteiger partial charge in [0.2, 0.25) is 5.95 Å². The molecule has 6 nitrogen and oxygen atoms in total. The van der Waals surface area contributed by atoms with E-state index < -0.39 is 0 Å². The lowest BCUT2D eigenvalue weighted by molar-refractivity contribution is 0.763. The van der Waals surface area contributed by atoms with E-state index in [4.69, 9.17) is 0 Å². The van der Waals surface area contributed by atoms with Gasteiger partial charge in [-0.2, -0.15) is 21.7 Å². The van der Waals surface area contributed by atoms with Crippen LogP contribution in [0.15, 0.2) is 6.33 Å². The summed E-state index contributed by atoms with van der Waals surface area (Å²) in [5.41, 5.74) is 1.60. The maximum Gasteiger partial charge on any atom is 0.226 e. The fourth-order valence-electron chi connectivity index (χ4n) is 2.86. The second-order valence-corrected chi connectivity index (χ2v) is 6.72. The van der Waals surface area contributed by atoms with Crippen molar-refractivity contribution in [1.82, 2.24) is 19.9 Å². The van der Waals surface area contributed by atoms with Gasteiger partial charge >= 0.3 is 0 Å². The summed E-state index contributed by atoms with van der Waals surface area (Å²) in [6.07, 6.45) is 5.45. The Morgan fingerprint density at radius 1 is 1.33 bits per heavy atom. The standard InChI is InChI=1S/C14H22N6S/c1-3-15-14-19-12-11(16-8-17-12)13(20-14)18-9-6-5-7-10(9)21-4-2/h8-10H,3-7H2,1-2H3,(H3,15,16,17,18,19,20). The predicted octanol–water partition coefficient (Wildman–Crippen LogP) is 2.87. The number of nitrogens with zero attached hydrogens (tertiary/aromatic N) is 3. The smallest absolute Gasteiger partial charge is 0.226 e. The Labute approximate surface area is 128 Å². The Hall–Kier alpha value is -1.50. The highest BCUT2D eigenvalue weighted by Gasteiger charge is 2.28. The number of imidazole rings is 1. The molecule has 0 amide bonds. The molecule has 3 rings (SSSR count). The predicted molar refractivity (Wildman–Crippen MR) is 89.0 cm³/mol. The minimum absolute atomic E-state index is 0.478. The summed E-state index contributed by atoms with van der Waals surface area (Å²) in [5, 5.41) is 7.46. The normalized spacial score (nSPS) is 21.8. The molecule has 114 valence electrons. The van der Waals surface area contributed by atoms with Gasteiger partial charge in [-0.25, -0.2) is 4.98 Å². The zero-order valence-corrected chi connectivity index (χ0v) is 13.3. The van der Waals surface area contributed by atoms with Crippen LogP contribution in [0.2, 0.25) is 0 Å². The number of aromatic nitrogens is 4. The molecule has 1 saturated carbocycles. The van der Waals surface area contributed by atoms with Crippen molar-refractivity contribution in [3.8, 4) is 0 Å². The number of hydrogen-bond donors (Lipinski definition) is 3. The first-order chi connectivity index (χ1) is 10.3. The highest BCUT2D eigenvalue weighted by Crippen LogP contribution is 2.32. The van der Waals surface area contributed by atoms with Crippen LogP contribution >= 0.6 is 11.8 Å². The summed E-state index contributed by atoms with van der Waals surface area (Å²) in [6, 6.07) is 0.478. The minimum Gasteiger partial charge on any atom is -0.364 e. The molecular weight excluding hydrogens is 284 g/mol. The third-order valence-electron chi connectivity index (χ3n) is 3.78. The fourth-order valence-corrected chi connectivity index (χ4v) is 4.05. The Kier molecular flexibility index (Phi) is 4.48. The number of nitrogens with one attached hydrogen (secondary N) is 3. The molecule has 0 aliphatic heterocycles. The lowest BCUT2D eigenvalue weighted by Crippen LogP contribution is -2.27. The number of aromatic amines is 1. The molecule has 2 aromatic rings. The van der Waals surface area contributed by atoms with Gasteiger partial charge in [-0.15, -0.1) is 0 Å². The van der Waals surface area contributed by atoms with Crippen molar-refractivity contribution in [1.29, 1.82) is 0 Å². The Bertz CT molecular complexity index is 598. The maximum absolute atomic E-state index is 4.61. The second kappa shape index (κ2) is 6.51. The third kappa shape index (κ3) is 3.07. The summed E-state index contributed by atoms with van der Waals surface area (Å²) in [4.78, 5) is 16.4. The molecule has 21 heavy (non-hydrogen) atoms. The molecule has 0 bridgehead atoms. The lowest BCUT2D eigenvalue weighted by Gasteiger charge is -2.21. The molecule has 1 fully saturated rings. The maximum atomic E-state index is 4.61. The van der Waals surface area contributed by atoms with Crippen LogP contribution in [-0.2, 0) is 0 Å². The number of rotatable bonds is 6. The van der Waals surface area contributed by atoms with Gasteiger partial charge < -0.3 is 15.6 Å². The molecule has 1 aliphatic rings. The van der Waals surface area contributed by atoms with E-state index in [0.717, 1.165) is 23.6 Å². The topological polar surface area (TPSA) is 78.5 Å². The molecule has 0 aromatic carbocycles. The molecule has 3 N–H and O–H groups in total. The summed E-state index contributed by atoms with van der Waals surface area (Å²) in [7, 11) is 0. The van der Waals surface area contributed by atoms with Crippen LogP contribution in [0.25, 0.3) is 11.2 Å². The molecular formula is C14H22N6S. The van der Waals surface area contributed by atoms with E-state index in [9.17, 15) is 0 Å². The van der Waals surface area contributed by atoms with Crippen molar-refractivity contribution >= 4 is 34.7 Å². The first kappa shape index (κ1) is 14.4. The van der Waals surface area contributed by atoms with Gasteiger partial charge in [0.25, 0.3) is 0 Å². The Balaban J connectivity index is 1.86. The zero-order valence-electron chi connectivity index (χ0n) is 12.5. The fraction of sp³-hybridized carbons (Fsp3) is 0.643. The van der Waals surface area contributed by atoms with E-state index in [2.05, 4.69) is 37.5 Å². The molecule has 2 unspecified atom stereocenters. The summed E-state index contributed by atoms with van der Waals surface area (Å²) in [6.45, 7) is 5.06. The van der Waals surface area contributed by atoms with Gasteiger partial charge in [-0.05, 0) is 25.5 Å². The Morgan fingerprint density at radius 3 is 3.05 bits per heavy atom. The number of hydrogen-bond acceptors (Lipinski definition) is 6. The molecule has 2 atom stereocenters. The van der Waals surface area contributed by atoms with E-state index in [0.29, 0.717) is 22.9 Å². The summed E-state index contributed by atoms with van der Waals surface area (Å²) in [5.74, 6) is 2.66. The average Bonchev–Trinajstić information content (AvgIpc) is 3.09. The third-order valence-corrected chi connectivity index (χ3v) is 5.10. The van der Waals surface area contributed by atoms with Crippen molar-refractivity contribution in [3.63, 3.8) is 0 Å². The number of H-pyrrole nitrogens is 1. The van der Waals surface area contributed by atoms with Crippen molar-refractivity contribution in [3.05, 3.63) is 6.33 Å². The van der Waals surface area contributed by atoms with E-state index >= 15 is 0 Å². The highest BCUT2D eigenvalue weighted by atomic mass is 32.2. The van der Waals surface area contributed by atoms with Crippen LogP contribution in [0.5, 0.6) is 0 Å². The quantitative estimate of drug-likeness (QED) is 0.761. The molecule has 0 radical (unpaired) electrons. The van der Waals surface area contributed by atoms with Gasteiger partial charge in [0.1, 0.15) is 5.52 Å².